The standard InChI is InChI=1S/C18H31BN7O7P/c1-21-6-4-2-3-5-7-22-18(28)32-13-12-10(8-30-34(19,29)33-12)31-16(13)26-9-23-11-14(26)24-17(20)25-15(11)27/h9-10,12-13,16,21,29,34H,2-8,19H2,1H3,(H,22,28)(H3,20,24,25,27)/t10-,12+,13?,16-/m1/s1. The molecule has 2 aliphatic heterocycles. The fourth-order valence-corrected chi connectivity index (χ4v) is 5.46. The Hall–Kier alpha value is -2.29. The number of rotatable bonds is 9. The zero-order valence-corrected chi connectivity index (χ0v) is 20.2. The Bertz CT molecular complexity index is 1070. The number of carbonyl (C=O) groups excluding carboxylic acids is 1. The fourth-order valence-electron chi connectivity index (χ4n) is 4.12. The summed E-state index contributed by atoms with van der Waals surface area (Å²) in [6.07, 6.45) is 1.41. The van der Waals surface area contributed by atoms with Crippen molar-refractivity contribution in [3.8, 4) is 0 Å². The van der Waals surface area contributed by atoms with Crippen LogP contribution in [0.5, 0.6) is 0 Å². The Labute approximate surface area is 196 Å². The normalized spacial score (nSPS) is 26.8. The van der Waals surface area contributed by atoms with Gasteiger partial charge in [-0.05, 0) is 7.05 Å². The van der Waals surface area contributed by atoms with Crippen LogP contribution in [0.2, 0.25) is 0 Å². The van der Waals surface area contributed by atoms with E-state index in [9.17, 15) is 14.5 Å². The van der Waals surface area contributed by atoms with Crippen LogP contribution in [0.3, 0.4) is 0 Å². The van der Waals surface area contributed by atoms with Gasteiger partial charge in [0.2, 0.25) is 0 Å². The number of anilines is 1. The summed E-state index contributed by atoms with van der Waals surface area (Å²) in [4.78, 5) is 45.8. The molecule has 2 aromatic rings. The van der Waals surface area contributed by atoms with Crippen LogP contribution in [0.1, 0.15) is 31.9 Å². The minimum atomic E-state index is -3.41. The van der Waals surface area contributed by atoms with Crippen molar-refractivity contribution in [2.75, 3.05) is 32.5 Å². The summed E-state index contributed by atoms with van der Waals surface area (Å²) in [5.74, 6) is -0.0884. The summed E-state index contributed by atoms with van der Waals surface area (Å²) < 4.78 is 24.4. The Morgan fingerprint density at radius 2 is 2.18 bits per heavy atom. The first-order valence-corrected chi connectivity index (χ1v) is 13.6. The molecule has 0 bridgehead atoms. The number of ether oxygens (including phenoxy) is 2. The molecule has 4 rings (SSSR count). The first kappa shape index (κ1) is 24.8. The van der Waals surface area contributed by atoms with Gasteiger partial charge in [-0.15, -0.1) is 0 Å². The zero-order chi connectivity index (χ0) is 24.3. The summed E-state index contributed by atoms with van der Waals surface area (Å²) in [6.45, 7) is 1.49. The second kappa shape index (κ2) is 10.5. The zero-order valence-electron chi connectivity index (χ0n) is 19.2. The van der Waals surface area contributed by atoms with Gasteiger partial charge in [0.15, 0.2) is 0 Å². The van der Waals surface area contributed by atoms with Crippen molar-refractivity contribution >= 4 is 38.6 Å². The number of aromatic amines is 1. The van der Waals surface area contributed by atoms with E-state index >= 15 is 0 Å². The Kier molecular flexibility index (Phi) is 7.70. The van der Waals surface area contributed by atoms with Crippen molar-refractivity contribution in [2.45, 2.75) is 50.2 Å². The van der Waals surface area contributed by atoms with E-state index in [2.05, 4.69) is 25.6 Å². The van der Waals surface area contributed by atoms with E-state index in [1.54, 1.807) is 0 Å². The predicted molar refractivity (Wildman–Crippen MR) is 127 cm³/mol. The molecule has 1 unspecified atom stereocenters. The van der Waals surface area contributed by atoms with E-state index in [0.29, 0.717) is 6.54 Å². The van der Waals surface area contributed by atoms with Gasteiger partial charge in [0.05, 0.1) is 0 Å². The molecule has 2 aromatic heterocycles. The van der Waals surface area contributed by atoms with Crippen molar-refractivity contribution in [2.24, 2.45) is 0 Å². The van der Waals surface area contributed by atoms with Crippen LogP contribution in [0.4, 0.5) is 10.7 Å². The molecule has 0 spiro atoms. The van der Waals surface area contributed by atoms with Gasteiger partial charge in [-0.3, -0.25) is 0 Å². The molecule has 0 aliphatic carbocycles. The predicted octanol–water partition coefficient (Wildman–Crippen LogP) is -1.08. The summed E-state index contributed by atoms with van der Waals surface area (Å²) in [5.41, 5.74) is 5.44. The number of nitrogens with zero attached hydrogens (tertiary/aromatic N) is 3. The van der Waals surface area contributed by atoms with E-state index in [-0.39, 0.29) is 23.7 Å². The second-order valence-corrected chi connectivity index (χ2v) is 10.8. The first-order chi connectivity index (χ1) is 16.3. The van der Waals surface area contributed by atoms with Crippen LogP contribution in [0.15, 0.2) is 11.1 Å². The van der Waals surface area contributed by atoms with E-state index in [0.717, 1.165) is 32.2 Å². The SMILES string of the molecule is B[PH]1(O)OC[C@H]2O[C@@H](n3cnc4c(=O)[nH]c(N)nc43)C(OC(=O)NCCCCCCNC)[C@H]2O1. The molecule has 14 nitrogen and oxygen atoms in total. The van der Waals surface area contributed by atoms with Crippen LogP contribution >= 0.6 is 7.82 Å². The molecule has 0 radical (unpaired) electrons. The van der Waals surface area contributed by atoms with Crippen molar-refractivity contribution in [3.05, 3.63) is 16.7 Å². The average molecular weight is 499 g/mol. The van der Waals surface area contributed by atoms with Crippen LogP contribution in [-0.2, 0) is 18.5 Å². The number of hydrogen-bond acceptors (Lipinski definition) is 11. The number of nitrogens with two attached hydrogens (primary N) is 1. The molecule has 4 heterocycles. The number of unbranched alkanes of at least 4 members (excludes halogenated alkanes) is 3. The molecule has 2 aliphatic rings. The molecule has 188 valence electrons. The molecule has 2 fully saturated rings. The van der Waals surface area contributed by atoms with Gasteiger partial charge < -0.3 is 5.32 Å². The quantitative estimate of drug-likeness (QED) is 0.161. The Morgan fingerprint density at radius 1 is 1.41 bits per heavy atom. The third-order valence-electron chi connectivity index (χ3n) is 5.75. The van der Waals surface area contributed by atoms with Gasteiger partial charge in [0.1, 0.15) is 0 Å². The second-order valence-electron chi connectivity index (χ2n) is 8.45. The number of nitrogen functional groups attached to an aromatic ring is 1. The van der Waals surface area contributed by atoms with Crippen LogP contribution in [0, 0.1) is 0 Å². The van der Waals surface area contributed by atoms with Gasteiger partial charge in [-0.25, -0.2) is 0 Å². The summed E-state index contributed by atoms with van der Waals surface area (Å²) >= 11 is 0. The van der Waals surface area contributed by atoms with Crippen molar-refractivity contribution in [1.29, 1.82) is 0 Å². The number of imidazole rings is 1. The van der Waals surface area contributed by atoms with Crippen molar-refractivity contribution < 1.29 is 28.2 Å². The molecular weight excluding hydrogens is 468 g/mol. The fraction of sp³-hybridized carbons (Fsp3) is 0.667. The number of alkyl carbamates (subject to hydrolysis) is 1. The van der Waals surface area contributed by atoms with Gasteiger partial charge in [-0.2, -0.15) is 0 Å². The van der Waals surface area contributed by atoms with E-state index in [1.807, 2.05) is 7.05 Å². The number of fused-ring (bicyclic) bond motifs is 2. The molecule has 4 atom stereocenters. The number of carbonyl (C=O) groups is 1. The third-order valence-corrected chi connectivity index (χ3v) is 7.16. The molecule has 0 aromatic carbocycles. The Morgan fingerprint density at radius 3 is 2.94 bits per heavy atom. The number of aromatic nitrogens is 4. The van der Waals surface area contributed by atoms with Gasteiger partial charge in [0, 0.05) is 0 Å². The molecule has 6 N–H and O–H groups in total. The van der Waals surface area contributed by atoms with E-state index in [1.165, 1.54) is 18.5 Å². The number of hydrogen-bond donors (Lipinski definition) is 5. The molecule has 34 heavy (non-hydrogen) atoms. The molecular formula is C18H31BN7O7P. The molecule has 1 amide bonds. The summed E-state index contributed by atoms with van der Waals surface area (Å²) in [5, 5.41) is 5.86. The van der Waals surface area contributed by atoms with Crippen molar-refractivity contribution in [1.82, 2.24) is 30.2 Å². The number of nitrogens with one attached hydrogen (secondary N) is 3. The maximum atomic E-state index is 12.6. The first-order valence-electron chi connectivity index (χ1n) is 11.3. The average Bonchev–Trinajstić information content (AvgIpc) is 3.34. The van der Waals surface area contributed by atoms with Crippen LogP contribution in [0.25, 0.3) is 11.2 Å². The van der Waals surface area contributed by atoms with Crippen LogP contribution < -0.4 is 21.9 Å². The Balaban J connectivity index is 1.49. The summed E-state index contributed by atoms with van der Waals surface area (Å²) in [6, 6.07) is 0. The minimum absolute atomic E-state index is 0.0627. The third kappa shape index (κ3) is 5.50. The monoisotopic (exact) mass is 499 g/mol. The molecule has 0 saturated carbocycles. The summed E-state index contributed by atoms with van der Waals surface area (Å²) in [7, 11) is -0.0141. The van der Waals surface area contributed by atoms with Gasteiger partial charge in [-0.1, -0.05) is 0 Å². The molecule has 16 heteroatoms. The maximum absolute atomic E-state index is 12.6. The molecule has 2 saturated heterocycles. The van der Waals surface area contributed by atoms with E-state index < -0.39 is 44.0 Å². The van der Waals surface area contributed by atoms with Crippen LogP contribution in [-0.4, -0.2) is 83.1 Å². The number of H-pyrrole nitrogens is 1. The number of amides is 1. The van der Waals surface area contributed by atoms with Crippen molar-refractivity contribution in [3.63, 3.8) is 0 Å². The van der Waals surface area contributed by atoms with Gasteiger partial charge in [0.25, 0.3) is 0 Å². The topological polar surface area (TPSA) is 188 Å². The van der Waals surface area contributed by atoms with E-state index in [4.69, 9.17) is 24.3 Å². The van der Waals surface area contributed by atoms with Gasteiger partial charge >= 0.3 is 184 Å².